The lowest BCUT2D eigenvalue weighted by molar-refractivity contribution is 0.0381. The largest absolute Gasteiger partial charge is 0.459 e. The molecule has 26 heavy (non-hydrogen) atoms. The van der Waals surface area contributed by atoms with Crippen molar-refractivity contribution in [3.63, 3.8) is 0 Å². The number of amides is 1. The molecule has 2 aromatic rings. The van der Waals surface area contributed by atoms with Gasteiger partial charge in [-0.1, -0.05) is 6.42 Å². The Balaban J connectivity index is 2.06. The van der Waals surface area contributed by atoms with Crippen molar-refractivity contribution in [1.82, 2.24) is 10.3 Å². The maximum atomic E-state index is 12.3. The maximum Gasteiger partial charge on any atom is 0.412 e. The van der Waals surface area contributed by atoms with Crippen LogP contribution in [0.4, 0.5) is 4.79 Å². The van der Waals surface area contributed by atoms with Gasteiger partial charge in [0, 0.05) is 19.2 Å². The molecule has 0 aliphatic carbocycles. The van der Waals surface area contributed by atoms with E-state index in [0.29, 0.717) is 23.2 Å². The molecule has 0 unspecified atom stereocenters. The predicted octanol–water partition coefficient (Wildman–Crippen LogP) is 4.03. The average molecular weight is 375 g/mol. The van der Waals surface area contributed by atoms with Crippen molar-refractivity contribution in [2.75, 3.05) is 6.54 Å². The Morgan fingerprint density at radius 3 is 2.88 bits per heavy atom. The molecule has 2 heterocycles. The lowest BCUT2D eigenvalue weighted by Crippen LogP contribution is -2.28. The molecule has 0 radical (unpaired) electrons. The fourth-order valence-electron chi connectivity index (χ4n) is 2.24. The monoisotopic (exact) mass is 375 g/mol. The molecule has 2 aromatic heterocycles. The normalized spacial score (nSPS) is 10.5. The SMILES string of the molecule is CC(C)OC(=O)c1sc2ncccc2c1OC(=O)NCCCCCC#N. The van der Waals surface area contributed by atoms with Crippen LogP contribution >= 0.6 is 11.3 Å². The zero-order valence-electron chi connectivity index (χ0n) is 14.8. The number of fused-ring (bicyclic) bond motifs is 1. The van der Waals surface area contributed by atoms with E-state index in [1.54, 1.807) is 32.2 Å². The van der Waals surface area contributed by atoms with Crippen molar-refractivity contribution >= 4 is 33.6 Å². The number of ether oxygens (including phenoxy) is 2. The molecule has 8 heteroatoms. The quantitative estimate of drug-likeness (QED) is 0.552. The molecule has 7 nitrogen and oxygen atoms in total. The van der Waals surface area contributed by atoms with Gasteiger partial charge in [0.25, 0.3) is 0 Å². The number of rotatable bonds is 8. The first-order valence-electron chi connectivity index (χ1n) is 8.44. The van der Waals surface area contributed by atoms with E-state index in [1.807, 2.05) is 0 Å². The number of nitrogens with one attached hydrogen (secondary N) is 1. The number of nitrogens with zero attached hydrogens (tertiary/aromatic N) is 2. The molecule has 1 amide bonds. The summed E-state index contributed by atoms with van der Waals surface area (Å²) < 4.78 is 10.6. The van der Waals surface area contributed by atoms with Gasteiger partial charge in [-0.15, -0.1) is 11.3 Å². The van der Waals surface area contributed by atoms with Crippen LogP contribution in [0.25, 0.3) is 10.2 Å². The highest BCUT2D eigenvalue weighted by Gasteiger charge is 2.24. The Kier molecular flexibility index (Phi) is 7.36. The van der Waals surface area contributed by atoms with Crippen molar-refractivity contribution in [2.24, 2.45) is 0 Å². The second kappa shape index (κ2) is 9.73. The number of carbonyl (C=O) groups is 2. The number of pyridine rings is 1. The second-order valence-electron chi connectivity index (χ2n) is 5.86. The van der Waals surface area contributed by atoms with Gasteiger partial charge in [-0.3, -0.25) is 0 Å². The first kappa shape index (κ1) is 19.7. The minimum Gasteiger partial charge on any atom is -0.459 e. The molecule has 0 spiro atoms. The number of esters is 1. The van der Waals surface area contributed by atoms with E-state index < -0.39 is 12.1 Å². The van der Waals surface area contributed by atoms with Gasteiger partial charge in [-0.25, -0.2) is 14.6 Å². The smallest absolute Gasteiger partial charge is 0.412 e. The molecule has 0 aliphatic rings. The average Bonchev–Trinajstić information content (AvgIpc) is 2.96. The summed E-state index contributed by atoms with van der Waals surface area (Å²) in [5, 5.41) is 11.7. The zero-order valence-corrected chi connectivity index (χ0v) is 15.6. The topological polar surface area (TPSA) is 101 Å². The van der Waals surface area contributed by atoms with Gasteiger partial charge in [0.1, 0.15) is 4.83 Å². The summed E-state index contributed by atoms with van der Waals surface area (Å²) in [7, 11) is 0. The number of thiophene rings is 1. The Morgan fingerprint density at radius 1 is 1.35 bits per heavy atom. The summed E-state index contributed by atoms with van der Waals surface area (Å²) in [5.74, 6) is -0.368. The molecule has 0 aliphatic heterocycles. The van der Waals surface area contributed by atoms with Crippen LogP contribution in [0, 0.1) is 11.3 Å². The van der Waals surface area contributed by atoms with E-state index in [0.717, 1.165) is 30.6 Å². The third kappa shape index (κ3) is 5.43. The third-order valence-corrected chi connectivity index (χ3v) is 4.45. The molecule has 0 bridgehead atoms. The minimum absolute atomic E-state index is 0.172. The van der Waals surface area contributed by atoms with Crippen molar-refractivity contribution in [3.05, 3.63) is 23.2 Å². The van der Waals surface area contributed by atoms with Crippen LogP contribution in [0.1, 0.15) is 49.2 Å². The van der Waals surface area contributed by atoms with Crippen LogP contribution < -0.4 is 10.1 Å². The molecule has 2 rings (SSSR count). The van der Waals surface area contributed by atoms with Crippen molar-refractivity contribution in [2.45, 2.75) is 45.6 Å². The first-order valence-corrected chi connectivity index (χ1v) is 9.25. The fourth-order valence-corrected chi connectivity index (χ4v) is 3.19. The second-order valence-corrected chi connectivity index (χ2v) is 6.85. The molecule has 0 aromatic carbocycles. The highest BCUT2D eigenvalue weighted by atomic mass is 32.1. The molecule has 0 saturated carbocycles. The van der Waals surface area contributed by atoms with Gasteiger partial charge >= 0.3 is 12.1 Å². The number of hydrogen-bond acceptors (Lipinski definition) is 7. The van der Waals surface area contributed by atoms with Crippen LogP contribution in [-0.2, 0) is 4.74 Å². The number of aromatic nitrogens is 1. The van der Waals surface area contributed by atoms with Crippen LogP contribution in [0.15, 0.2) is 18.3 Å². The zero-order chi connectivity index (χ0) is 18.9. The summed E-state index contributed by atoms with van der Waals surface area (Å²) in [5.41, 5.74) is 0. The lowest BCUT2D eigenvalue weighted by atomic mass is 10.2. The summed E-state index contributed by atoms with van der Waals surface area (Å²) in [6.07, 6.45) is 3.62. The third-order valence-electron chi connectivity index (χ3n) is 3.38. The Labute approximate surface area is 155 Å². The first-order chi connectivity index (χ1) is 12.5. The summed E-state index contributed by atoms with van der Waals surface area (Å²) in [6.45, 7) is 3.95. The van der Waals surface area contributed by atoms with Gasteiger partial charge in [-0.05, 0) is 38.8 Å². The van der Waals surface area contributed by atoms with E-state index >= 15 is 0 Å². The standard InChI is InChI=1S/C18H21N3O4S/c1-12(2)24-17(22)15-14(13-8-7-11-20-16(13)26-15)25-18(23)21-10-6-4-3-5-9-19/h7-8,11-12H,3-6,10H2,1-2H3,(H,21,23). The predicted molar refractivity (Wildman–Crippen MR) is 98.3 cm³/mol. The van der Waals surface area contributed by atoms with E-state index in [2.05, 4.69) is 16.4 Å². The van der Waals surface area contributed by atoms with Crippen molar-refractivity contribution < 1.29 is 19.1 Å². The van der Waals surface area contributed by atoms with Crippen LogP contribution in [0.5, 0.6) is 5.75 Å². The van der Waals surface area contributed by atoms with Crippen molar-refractivity contribution in [3.8, 4) is 11.8 Å². The molecular weight excluding hydrogens is 354 g/mol. The number of hydrogen-bond donors (Lipinski definition) is 1. The van der Waals surface area contributed by atoms with Crippen LogP contribution in [0.3, 0.4) is 0 Å². The summed E-state index contributed by atoms with van der Waals surface area (Å²) in [6, 6.07) is 5.54. The molecule has 0 fully saturated rings. The van der Waals surface area contributed by atoms with Crippen LogP contribution in [0.2, 0.25) is 0 Å². The van der Waals surface area contributed by atoms with Gasteiger partial charge < -0.3 is 14.8 Å². The molecular formula is C18H21N3O4S. The molecule has 0 saturated heterocycles. The number of unbranched alkanes of at least 4 members (excludes halogenated alkanes) is 3. The minimum atomic E-state index is -0.632. The van der Waals surface area contributed by atoms with Gasteiger partial charge in [0.05, 0.1) is 17.6 Å². The fraction of sp³-hybridized carbons (Fsp3) is 0.444. The van der Waals surface area contributed by atoms with Crippen LogP contribution in [-0.4, -0.2) is 29.7 Å². The van der Waals surface area contributed by atoms with E-state index in [4.69, 9.17) is 14.7 Å². The number of nitriles is 1. The Bertz CT molecular complexity index is 810. The number of carbonyl (C=O) groups excluding carboxylic acids is 2. The molecule has 0 atom stereocenters. The van der Waals surface area contributed by atoms with Gasteiger partial charge in [0.2, 0.25) is 0 Å². The Hall–Kier alpha value is -2.66. The maximum absolute atomic E-state index is 12.3. The summed E-state index contributed by atoms with van der Waals surface area (Å²) >= 11 is 1.13. The summed E-state index contributed by atoms with van der Waals surface area (Å²) in [4.78, 5) is 29.4. The Morgan fingerprint density at radius 2 is 2.15 bits per heavy atom. The van der Waals surface area contributed by atoms with E-state index in [1.165, 1.54) is 0 Å². The van der Waals surface area contributed by atoms with E-state index in [9.17, 15) is 9.59 Å². The van der Waals surface area contributed by atoms with Crippen molar-refractivity contribution in [1.29, 1.82) is 5.26 Å². The van der Waals surface area contributed by atoms with Gasteiger partial charge in [0.15, 0.2) is 10.6 Å². The van der Waals surface area contributed by atoms with E-state index in [-0.39, 0.29) is 16.7 Å². The molecule has 138 valence electrons. The highest BCUT2D eigenvalue weighted by molar-refractivity contribution is 7.20. The molecule has 1 N–H and O–H groups in total. The lowest BCUT2D eigenvalue weighted by Gasteiger charge is -2.09. The van der Waals surface area contributed by atoms with Gasteiger partial charge in [-0.2, -0.15) is 5.26 Å². The highest BCUT2D eigenvalue weighted by Crippen LogP contribution is 2.37.